The molecular weight excluding hydrogens is 452 g/mol. The minimum atomic E-state index is -3.60. The number of aryl methyl sites for hydroxylation is 1. The molecule has 2 aromatic heterocycles. The Morgan fingerprint density at radius 1 is 1.22 bits per heavy atom. The van der Waals surface area contributed by atoms with Crippen LogP contribution < -0.4 is 0 Å². The second kappa shape index (κ2) is 7.34. The predicted octanol–water partition coefficient (Wildman–Crippen LogP) is 2.92. The standard InChI is InChI=1S/C17H19BrN4O3S2/c1-20(2)17(23)11-5-6-13-12(9-11)19-15(22(13)4)10-21(3)27(24,25)16-8-7-14(18)26-16/h5-9H,10H2,1-4H3. The van der Waals surface area contributed by atoms with Gasteiger partial charge in [0, 0.05) is 33.8 Å². The number of aromatic nitrogens is 2. The summed E-state index contributed by atoms with van der Waals surface area (Å²) in [5.41, 5.74) is 2.04. The van der Waals surface area contributed by atoms with Crippen molar-refractivity contribution in [1.29, 1.82) is 0 Å². The zero-order valence-corrected chi connectivity index (χ0v) is 18.5. The highest BCUT2D eigenvalue weighted by atomic mass is 79.9. The number of carbonyl (C=O) groups excluding carboxylic acids is 1. The van der Waals surface area contributed by atoms with E-state index in [1.807, 2.05) is 17.7 Å². The van der Waals surface area contributed by atoms with E-state index in [-0.39, 0.29) is 16.7 Å². The monoisotopic (exact) mass is 470 g/mol. The molecule has 0 atom stereocenters. The highest BCUT2D eigenvalue weighted by molar-refractivity contribution is 9.11. The Labute approximate surface area is 170 Å². The van der Waals surface area contributed by atoms with Gasteiger partial charge in [-0.3, -0.25) is 4.79 Å². The molecule has 27 heavy (non-hydrogen) atoms. The quantitative estimate of drug-likeness (QED) is 0.574. The summed E-state index contributed by atoms with van der Waals surface area (Å²) in [5, 5.41) is 0. The van der Waals surface area contributed by atoms with Crippen molar-refractivity contribution in [3.63, 3.8) is 0 Å². The van der Waals surface area contributed by atoms with E-state index < -0.39 is 10.0 Å². The number of thiophene rings is 1. The van der Waals surface area contributed by atoms with Gasteiger partial charge in [-0.05, 0) is 46.3 Å². The number of amides is 1. The van der Waals surface area contributed by atoms with Crippen molar-refractivity contribution in [2.75, 3.05) is 21.1 Å². The maximum Gasteiger partial charge on any atom is 0.253 e. The smallest absolute Gasteiger partial charge is 0.253 e. The zero-order valence-electron chi connectivity index (χ0n) is 15.3. The molecule has 0 aliphatic rings. The Balaban J connectivity index is 1.93. The van der Waals surface area contributed by atoms with Crippen molar-refractivity contribution in [3.05, 3.63) is 45.5 Å². The first-order valence-electron chi connectivity index (χ1n) is 8.00. The fourth-order valence-electron chi connectivity index (χ4n) is 2.66. The number of sulfonamides is 1. The number of imidazole rings is 1. The van der Waals surface area contributed by atoms with E-state index in [1.165, 1.54) is 27.6 Å². The number of fused-ring (bicyclic) bond motifs is 1. The Morgan fingerprint density at radius 2 is 1.93 bits per heavy atom. The van der Waals surface area contributed by atoms with Crippen molar-refractivity contribution >= 4 is 54.2 Å². The van der Waals surface area contributed by atoms with Crippen LogP contribution in [-0.2, 0) is 23.6 Å². The largest absolute Gasteiger partial charge is 0.345 e. The number of rotatable bonds is 5. The number of nitrogens with zero attached hydrogens (tertiary/aromatic N) is 4. The maximum atomic E-state index is 12.7. The number of hydrogen-bond donors (Lipinski definition) is 0. The van der Waals surface area contributed by atoms with E-state index in [0.717, 1.165) is 9.30 Å². The minimum Gasteiger partial charge on any atom is -0.345 e. The van der Waals surface area contributed by atoms with Gasteiger partial charge in [0.1, 0.15) is 10.0 Å². The van der Waals surface area contributed by atoms with Crippen LogP contribution in [0.4, 0.5) is 0 Å². The van der Waals surface area contributed by atoms with Gasteiger partial charge in [-0.15, -0.1) is 11.3 Å². The van der Waals surface area contributed by atoms with E-state index in [4.69, 9.17) is 0 Å². The number of benzene rings is 1. The molecule has 144 valence electrons. The SMILES string of the molecule is CN(C)C(=O)c1ccc2c(c1)nc(CN(C)S(=O)(=O)c1ccc(Br)s1)n2C. The van der Waals surface area contributed by atoms with Crippen LogP contribution >= 0.6 is 27.3 Å². The third kappa shape index (κ3) is 3.79. The summed E-state index contributed by atoms with van der Waals surface area (Å²) in [6, 6.07) is 8.59. The predicted molar refractivity (Wildman–Crippen MR) is 109 cm³/mol. The van der Waals surface area contributed by atoms with Crippen LogP contribution in [0.15, 0.2) is 38.3 Å². The second-order valence-electron chi connectivity index (χ2n) is 6.31. The van der Waals surface area contributed by atoms with Crippen molar-refractivity contribution in [3.8, 4) is 0 Å². The average molecular weight is 471 g/mol. The topological polar surface area (TPSA) is 75.5 Å². The van der Waals surface area contributed by atoms with Gasteiger partial charge < -0.3 is 9.47 Å². The van der Waals surface area contributed by atoms with Crippen LogP contribution in [0.2, 0.25) is 0 Å². The molecule has 7 nitrogen and oxygen atoms in total. The molecule has 0 radical (unpaired) electrons. The van der Waals surface area contributed by atoms with Crippen LogP contribution in [0.25, 0.3) is 11.0 Å². The molecule has 0 saturated carbocycles. The first-order chi connectivity index (χ1) is 12.6. The van der Waals surface area contributed by atoms with Crippen LogP contribution in [0.1, 0.15) is 16.2 Å². The molecule has 0 saturated heterocycles. The lowest BCUT2D eigenvalue weighted by molar-refractivity contribution is 0.0827. The molecule has 0 unspecified atom stereocenters. The molecule has 0 N–H and O–H groups in total. The van der Waals surface area contributed by atoms with E-state index in [1.54, 1.807) is 38.4 Å². The molecule has 3 rings (SSSR count). The third-order valence-corrected chi connectivity index (χ3v) is 8.10. The Bertz CT molecular complexity index is 1120. The van der Waals surface area contributed by atoms with E-state index in [2.05, 4.69) is 20.9 Å². The summed E-state index contributed by atoms with van der Waals surface area (Å²) in [6.45, 7) is 0.125. The molecule has 0 aliphatic heterocycles. The number of carbonyl (C=O) groups is 1. The summed E-state index contributed by atoms with van der Waals surface area (Å²) >= 11 is 4.46. The second-order valence-corrected chi connectivity index (χ2v) is 11.0. The molecule has 0 aliphatic carbocycles. The molecule has 0 fully saturated rings. The van der Waals surface area contributed by atoms with Gasteiger partial charge in [-0.1, -0.05) is 0 Å². The van der Waals surface area contributed by atoms with Gasteiger partial charge in [-0.25, -0.2) is 13.4 Å². The number of hydrogen-bond acceptors (Lipinski definition) is 5. The number of halogens is 1. The Hall–Kier alpha value is -1.75. The molecule has 0 spiro atoms. The zero-order chi connectivity index (χ0) is 19.9. The first-order valence-corrected chi connectivity index (χ1v) is 11.0. The molecule has 10 heteroatoms. The van der Waals surface area contributed by atoms with E-state index >= 15 is 0 Å². The van der Waals surface area contributed by atoms with Crippen LogP contribution in [0.5, 0.6) is 0 Å². The molecular formula is C17H19BrN4O3S2. The van der Waals surface area contributed by atoms with Crippen LogP contribution in [0, 0.1) is 0 Å². The fourth-order valence-corrected chi connectivity index (χ4v) is 6.00. The Kier molecular flexibility index (Phi) is 5.44. The molecule has 1 aromatic carbocycles. The summed E-state index contributed by atoms with van der Waals surface area (Å²) in [5.74, 6) is 0.494. The first kappa shape index (κ1) is 20.0. The van der Waals surface area contributed by atoms with Crippen LogP contribution in [0.3, 0.4) is 0 Å². The van der Waals surface area contributed by atoms with Crippen LogP contribution in [-0.4, -0.2) is 54.2 Å². The fraction of sp³-hybridized carbons (Fsp3) is 0.294. The van der Waals surface area contributed by atoms with Gasteiger partial charge in [0.15, 0.2) is 0 Å². The molecule has 2 heterocycles. The summed E-state index contributed by atoms with van der Waals surface area (Å²) in [4.78, 5) is 18.2. The molecule has 3 aromatic rings. The maximum absolute atomic E-state index is 12.7. The lowest BCUT2D eigenvalue weighted by atomic mass is 10.2. The molecule has 0 bridgehead atoms. The molecule has 1 amide bonds. The van der Waals surface area contributed by atoms with E-state index in [9.17, 15) is 13.2 Å². The lowest BCUT2D eigenvalue weighted by Crippen LogP contribution is -2.27. The summed E-state index contributed by atoms with van der Waals surface area (Å²) < 4.78 is 29.6. The minimum absolute atomic E-state index is 0.105. The highest BCUT2D eigenvalue weighted by Gasteiger charge is 2.24. The van der Waals surface area contributed by atoms with Gasteiger partial charge in [0.2, 0.25) is 0 Å². The van der Waals surface area contributed by atoms with E-state index in [0.29, 0.717) is 16.9 Å². The van der Waals surface area contributed by atoms with Crippen molar-refractivity contribution < 1.29 is 13.2 Å². The van der Waals surface area contributed by atoms with Gasteiger partial charge in [0.05, 0.1) is 21.4 Å². The van der Waals surface area contributed by atoms with Crippen molar-refractivity contribution in [2.24, 2.45) is 7.05 Å². The lowest BCUT2D eigenvalue weighted by Gasteiger charge is -2.15. The third-order valence-electron chi connectivity index (χ3n) is 4.20. The summed E-state index contributed by atoms with van der Waals surface area (Å²) in [6.07, 6.45) is 0. The van der Waals surface area contributed by atoms with Crippen molar-refractivity contribution in [1.82, 2.24) is 18.8 Å². The summed E-state index contributed by atoms with van der Waals surface area (Å²) in [7, 11) is 3.16. The van der Waals surface area contributed by atoms with Gasteiger partial charge >= 0.3 is 0 Å². The average Bonchev–Trinajstić information content (AvgIpc) is 3.18. The van der Waals surface area contributed by atoms with Gasteiger partial charge in [-0.2, -0.15) is 4.31 Å². The van der Waals surface area contributed by atoms with Crippen molar-refractivity contribution in [2.45, 2.75) is 10.8 Å². The highest BCUT2D eigenvalue weighted by Crippen LogP contribution is 2.29. The Morgan fingerprint density at radius 3 is 2.52 bits per heavy atom. The normalized spacial score (nSPS) is 12.1. The van der Waals surface area contributed by atoms with Gasteiger partial charge in [0.25, 0.3) is 15.9 Å².